The van der Waals surface area contributed by atoms with Gasteiger partial charge in [0.25, 0.3) is 0 Å². The van der Waals surface area contributed by atoms with Crippen LogP contribution in [0, 0.1) is 0 Å². The standard InChI is InChI=1S/C13H21N3S/c1-2-12-7-15-13(17-12)8-14-10-5-6-16(9-10)11-3-4-11/h7,10-11,14H,2-6,8-9H2,1H3. The van der Waals surface area contributed by atoms with Crippen molar-refractivity contribution in [3.05, 3.63) is 16.1 Å². The van der Waals surface area contributed by atoms with E-state index < -0.39 is 0 Å². The average Bonchev–Trinajstić information content (AvgIpc) is 2.93. The molecule has 1 aliphatic heterocycles. The predicted molar refractivity (Wildman–Crippen MR) is 71.3 cm³/mol. The first-order chi connectivity index (χ1) is 8.35. The van der Waals surface area contributed by atoms with Crippen molar-refractivity contribution in [2.45, 2.75) is 51.2 Å². The van der Waals surface area contributed by atoms with Crippen molar-refractivity contribution >= 4 is 11.3 Å². The highest BCUT2D eigenvalue weighted by Crippen LogP contribution is 2.29. The lowest BCUT2D eigenvalue weighted by Gasteiger charge is -2.15. The van der Waals surface area contributed by atoms with Gasteiger partial charge in [0.2, 0.25) is 0 Å². The van der Waals surface area contributed by atoms with E-state index >= 15 is 0 Å². The van der Waals surface area contributed by atoms with Crippen LogP contribution in [0.2, 0.25) is 0 Å². The third-order valence-electron chi connectivity index (χ3n) is 3.77. The van der Waals surface area contributed by atoms with E-state index in [1.807, 2.05) is 17.5 Å². The second-order valence-corrected chi connectivity index (χ2v) is 6.37. The lowest BCUT2D eigenvalue weighted by Crippen LogP contribution is -2.32. The summed E-state index contributed by atoms with van der Waals surface area (Å²) in [6.07, 6.45) is 7.30. The number of nitrogens with one attached hydrogen (secondary N) is 1. The van der Waals surface area contributed by atoms with E-state index in [9.17, 15) is 0 Å². The van der Waals surface area contributed by atoms with Gasteiger partial charge in [0, 0.05) is 42.8 Å². The summed E-state index contributed by atoms with van der Waals surface area (Å²) in [7, 11) is 0. The minimum Gasteiger partial charge on any atom is -0.306 e. The average molecular weight is 251 g/mol. The molecular weight excluding hydrogens is 230 g/mol. The number of likely N-dealkylation sites (tertiary alicyclic amines) is 1. The minimum atomic E-state index is 0.685. The summed E-state index contributed by atoms with van der Waals surface area (Å²) in [6, 6.07) is 1.61. The normalized spacial score (nSPS) is 25.6. The minimum absolute atomic E-state index is 0.685. The Hall–Kier alpha value is -0.450. The zero-order chi connectivity index (χ0) is 11.7. The van der Waals surface area contributed by atoms with Crippen LogP contribution in [0.15, 0.2) is 6.20 Å². The maximum atomic E-state index is 4.46. The molecule has 0 bridgehead atoms. The Bertz CT molecular complexity index is 372. The first-order valence-corrected chi connectivity index (χ1v) is 7.58. The molecule has 1 unspecified atom stereocenters. The quantitative estimate of drug-likeness (QED) is 0.868. The highest BCUT2D eigenvalue weighted by Gasteiger charge is 2.34. The summed E-state index contributed by atoms with van der Waals surface area (Å²) in [5.41, 5.74) is 0. The monoisotopic (exact) mass is 251 g/mol. The van der Waals surface area contributed by atoms with Gasteiger partial charge in [-0.3, -0.25) is 4.90 Å². The Morgan fingerprint density at radius 2 is 2.35 bits per heavy atom. The van der Waals surface area contributed by atoms with Gasteiger partial charge in [0.1, 0.15) is 5.01 Å². The van der Waals surface area contributed by atoms with Gasteiger partial charge in [-0.05, 0) is 25.7 Å². The fourth-order valence-electron chi connectivity index (χ4n) is 2.55. The van der Waals surface area contributed by atoms with E-state index in [2.05, 4.69) is 22.1 Å². The molecule has 1 aromatic rings. The summed E-state index contributed by atoms with van der Waals surface area (Å²) < 4.78 is 0. The molecule has 17 heavy (non-hydrogen) atoms. The second-order valence-electron chi connectivity index (χ2n) is 5.17. The van der Waals surface area contributed by atoms with Crippen molar-refractivity contribution in [1.29, 1.82) is 0 Å². The van der Waals surface area contributed by atoms with Crippen molar-refractivity contribution in [1.82, 2.24) is 15.2 Å². The molecule has 0 spiro atoms. The molecule has 2 heterocycles. The summed E-state index contributed by atoms with van der Waals surface area (Å²) in [5.74, 6) is 0. The fraction of sp³-hybridized carbons (Fsp3) is 0.769. The smallest absolute Gasteiger partial charge is 0.107 e. The third-order valence-corrected chi connectivity index (χ3v) is 4.92. The van der Waals surface area contributed by atoms with Gasteiger partial charge in [-0.2, -0.15) is 0 Å². The van der Waals surface area contributed by atoms with Crippen LogP contribution in [0.25, 0.3) is 0 Å². The Balaban J connectivity index is 1.44. The van der Waals surface area contributed by atoms with Crippen molar-refractivity contribution in [2.75, 3.05) is 13.1 Å². The molecule has 2 fully saturated rings. The summed E-state index contributed by atoms with van der Waals surface area (Å²) >= 11 is 1.85. The molecule has 1 atom stereocenters. The summed E-state index contributed by atoms with van der Waals surface area (Å²) in [4.78, 5) is 8.50. The first-order valence-electron chi connectivity index (χ1n) is 6.76. The zero-order valence-corrected chi connectivity index (χ0v) is 11.3. The molecule has 1 aliphatic carbocycles. The lowest BCUT2D eigenvalue weighted by atomic mass is 10.3. The van der Waals surface area contributed by atoms with Gasteiger partial charge in [0.15, 0.2) is 0 Å². The van der Waals surface area contributed by atoms with Crippen LogP contribution in [0.4, 0.5) is 0 Å². The van der Waals surface area contributed by atoms with Crippen LogP contribution < -0.4 is 5.32 Å². The molecule has 0 aromatic carbocycles. The van der Waals surface area contributed by atoms with Crippen LogP contribution >= 0.6 is 11.3 Å². The largest absolute Gasteiger partial charge is 0.306 e. The van der Waals surface area contributed by atoms with E-state index in [0.717, 1.165) is 19.0 Å². The molecule has 94 valence electrons. The molecule has 1 saturated heterocycles. The molecule has 1 N–H and O–H groups in total. The number of aromatic nitrogens is 1. The van der Waals surface area contributed by atoms with Gasteiger partial charge in [-0.1, -0.05) is 6.92 Å². The van der Waals surface area contributed by atoms with Gasteiger partial charge in [-0.25, -0.2) is 4.98 Å². The van der Waals surface area contributed by atoms with E-state index in [1.54, 1.807) is 0 Å². The molecule has 0 radical (unpaired) electrons. The first kappa shape index (κ1) is 11.6. The van der Waals surface area contributed by atoms with Gasteiger partial charge in [-0.15, -0.1) is 11.3 Å². The SMILES string of the molecule is CCc1cnc(CNC2CCN(C3CC3)C2)s1. The Morgan fingerprint density at radius 3 is 3.06 bits per heavy atom. The topological polar surface area (TPSA) is 28.2 Å². The van der Waals surface area contributed by atoms with Crippen LogP contribution in [-0.2, 0) is 13.0 Å². The zero-order valence-electron chi connectivity index (χ0n) is 10.5. The maximum absolute atomic E-state index is 4.46. The maximum Gasteiger partial charge on any atom is 0.107 e. The number of hydrogen-bond acceptors (Lipinski definition) is 4. The molecule has 1 aromatic heterocycles. The second kappa shape index (κ2) is 5.04. The number of rotatable bonds is 5. The Morgan fingerprint density at radius 1 is 1.47 bits per heavy atom. The highest BCUT2D eigenvalue weighted by molar-refractivity contribution is 7.11. The number of aryl methyl sites for hydroxylation is 1. The van der Waals surface area contributed by atoms with Crippen molar-refractivity contribution in [3.63, 3.8) is 0 Å². The number of nitrogens with zero attached hydrogens (tertiary/aromatic N) is 2. The Labute approximate surface area is 107 Å². The van der Waals surface area contributed by atoms with Crippen LogP contribution in [0.3, 0.4) is 0 Å². The molecule has 3 rings (SSSR count). The van der Waals surface area contributed by atoms with Crippen molar-refractivity contribution in [3.8, 4) is 0 Å². The molecule has 3 nitrogen and oxygen atoms in total. The Kier molecular flexibility index (Phi) is 3.45. The molecular formula is C13H21N3S. The van der Waals surface area contributed by atoms with Crippen molar-refractivity contribution in [2.24, 2.45) is 0 Å². The lowest BCUT2D eigenvalue weighted by molar-refractivity contribution is 0.317. The summed E-state index contributed by atoms with van der Waals surface area (Å²) in [5, 5.41) is 4.90. The van der Waals surface area contributed by atoms with Crippen LogP contribution in [0.1, 0.15) is 36.1 Å². The number of hydrogen-bond donors (Lipinski definition) is 1. The van der Waals surface area contributed by atoms with Crippen LogP contribution in [0.5, 0.6) is 0 Å². The summed E-state index contributed by atoms with van der Waals surface area (Å²) in [6.45, 7) is 5.68. The van der Waals surface area contributed by atoms with Gasteiger partial charge < -0.3 is 5.32 Å². The third kappa shape index (κ3) is 2.87. The van der Waals surface area contributed by atoms with Crippen molar-refractivity contribution < 1.29 is 0 Å². The predicted octanol–water partition coefficient (Wildman–Crippen LogP) is 2.03. The van der Waals surface area contributed by atoms with Crippen LogP contribution in [-0.4, -0.2) is 35.1 Å². The van der Waals surface area contributed by atoms with Gasteiger partial charge >= 0.3 is 0 Å². The van der Waals surface area contributed by atoms with E-state index in [4.69, 9.17) is 0 Å². The number of thiazole rings is 1. The van der Waals surface area contributed by atoms with E-state index in [1.165, 1.54) is 42.2 Å². The fourth-order valence-corrected chi connectivity index (χ4v) is 3.36. The molecule has 4 heteroatoms. The molecule has 0 amide bonds. The highest BCUT2D eigenvalue weighted by atomic mass is 32.1. The van der Waals surface area contributed by atoms with E-state index in [0.29, 0.717) is 6.04 Å². The van der Waals surface area contributed by atoms with Gasteiger partial charge in [0.05, 0.1) is 0 Å². The molecule has 2 aliphatic rings. The molecule has 1 saturated carbocycles. The van der Waals surface area contributed by atoms with E-state index in [-0.39, 0.29) is 0 Å².